The summed E-state index contributed by atoms with van der Waals surface area (Å²) >= 11 is 1.46. The Bertz CT molecular complexity index is 1080. The summed E-state index contributed by atoms with van der Waals surface area (Å²) in [5.74, 6) is -0.591. The molecule has 7 nitrogen and oxygen atoms in total. The molecule has 0 saturated heterocycles. The van der Waals surface area contributed by atoms with E-state index in [0.29, 0.717) is 15.9 Å². The molecule has 0 atom stereocenters. The van der Waals surface area contributed by atoms with Crippen molar-refractivity contribution < 1.29 is 9.59 Å². The molecular weight excluding hydrogens is 364 g/mol. The van der Waals surface area contributed by atoms with E-state index in [0.717, 1.165) is 22.4 Å². The number of amides is 3. The molecule has 0 spiro atoms. The zero-order chi connectivity index (χ0) is 19.6. The van der Waals surface area contributed by atoms with Crippen LogP contribution in [0.4, 0.5) is 10.5 Å². The van der Waals surface area contributed by atoms with Crippen molar-refractivity contribution in [3.63, 3.8) is 0 Å². The third-order valence-corrected chi connectivity index (χ3v) is 5.30. The average molecular weight is 384 g/mol. The Morgan fingerprint density at radius 3 is 2.70 bits per heavy atom. The van der Waals surface area contributed by atoms with Gasteiger partial charge in [0.1, 0.15) is 11.4 Å². The molecule has 0 fully saturated rings. The second-order valence-electron chi connectivity index (χ2n) is 6.28. The molecule has 0 aliphatic heterocycles. The van der Waals surface area contributed by atoms with Crippen molar-refractivity contribution in [1.82, 2.24) is 14.9 Å². The van der Waals surface area contributed by atoms with Crippen LogP contribution in [-0.4, -0.2) is 21.5 Å². The minimum absolute atomic E-state index is 0.278. The van der Waals surface area contributed by atoms with E-state index in [4.69, 9.17) is 0 Å². The minimum atomic E-state index is -0.641. The molecule has 3 rings (SSSR count). The predicted molar refractivity (Wildman–Crippen MR) is 106 cm³/mol. The van der Waals surface area contributed by atoms with Crippen molar-refractivity contribution in [2.24, 2.45) is 0 Å². The second kappa shape index (κ2) is 7.71. The Hall–Kier alpha value is -3.00. The van der Waals surface area contributed by atoms with Gasteiger partial charge in [0.25, 0.3) is 5.56 Å². The molecular formula is C19H20N4O3S. The van der Waals surface area contributed by atoms with Crippen LogP contribution in [0.25, 0.3) is 10.2 Å². The van der Waals surface area contributed by atoms with Gasteiger partial charge in [-0.2, -0.15) is 0 Å². The third kappa shape index (κ3) is 4.22. The first-order chi connectivity index (χ1) is 12.9. The van der Waals surface area contributed by atoms with Gasteiger partial charge in [0.15, 0.2) is 0 Å². The van der Waals surface area contributed by atoms with Crippen molar-refractivity contribution in [1.29, 1.82) is 0 Å². The molecule has 0 radical (unpaired) electrons. The zero-order valence-electron chi connectivity index (χ0n) is 15.3. The van der Waals surface area contributed by atoms with E-state index >= 15 is 0 Å². The molecule has 3 amide bonds. The lowest BCUT2D eigenvalue weighted by molar-refractivity contribution is -0.120. The van der Waals surface area contributed by atoms with Crippen LogP contribution in [0.1, 0.15) is 22.9 Å². The predicted octanol–water partition coefficient (Wildman–Crippen LogP) is 2.99. The quantitative estimate of drug-likeness (QED) is 0.723. The lowest BCUT2D eigenvalue weighted by Crippen LogP contribution is -2.38. The van der Waals surface area contributed by atoms with Crippen LogP contribution in [0.15, 0.2) is 35.4 Å². The molecule has 27 heavy (non-hydrogen) atoms. The Balaban J connectivity index is 1.68. The number of aryl methyl sites for hydroxylation is 3. The molecule has 3 aromatic rings. The van der Waals surface area contributed by atoms with Crippen molar-refractivity contribution in [2.75, 3.05) is 5.32 Å². The van der Waals surface area contributed by atoms with Gasteiger partial charge < -0.3 is 5.32 Å². The monoisotopic (exact) mass is 384 g/mol. The highest BCUT2D eigenvalue weighted by molar-refractivity contribution is 7.18. The summed E-state index contributed by atoms with van der Waals surface area (Å²) in [7, 11) is 0. The number of anilines is 1. The van der Waals surface area contributed by atoms with Gasteiger partial charge in [-0.1, -0.05) is 24.6 Å². The number of carbonyl (C=O) groups is 2. The Morgan fingerprint density at radius 2 is 2.00 bits per heavy atom. The summed E-state index contributed by atoms with van der Waals surface area (Å²) in [6.45, 7) is 5.56. The molecule has 0 saturated carbocycles. The Morgan fingerprint density at radius 1 is 1.22 bits per heavy atom. The summed E-state index contributed by atoms with van der Waals surface area (Å²) in [6, 6.07) is 6.74. The molecule has 0 bridgehead atoms. The summed E-state index contributed by atoms with van der Waals surface area (Å²) < 4.78 is 1.20. The number of benzene rings is 1. The zero-order valence-corrected chi connectivity index (χ0v) is 16.1. The highest BCUT2D eigenvalue weighted by atomic mass is 32.1. The summed E-state index contributed by atoms with van der Waals surface area (Å²) in [6.07, 6.45) is 2.15. The average Bonchev–Trinajstić information content (AvgIpc) is 3.04. The van der Waals surface area contributed by atoms with E-state index in [1.165, 1.54) is 22.2 Å². The molecule has 0 aliphatic carbocycles. The van der Waals surface area contributed by atoms with Gasteiger partial charge in [0.2, 0.25) is 5.91 Å². The summed E-state index contributed by atoms with van der Waals surface area (Å²) in [5.41, 5.74) is 2.31. The molecule has 2 aromatic heterocycles. The van der Waals surface area contributed by atoms with E-state index in [-0.39, 0.29) is 12.1 Å². The van der Waals surface area contributed by atoms with Gasteiger partial charge in [0, 0.05) is 10.6 Å². The maximum atomic E-state index is 12.5. The first kappa shape index (κ1) is 18.8. The van der Waals surface area contributed by atoms with Crippen LogP contribution in [0.5, 0.6) is 0 Å². The van der Waals surface area contributed by atoms with Crippen molar-refractivity contribution in [3.05, 3.63) is 57.0 Å². The smallest absolute Gasteiger partial charge is 0.307 e. The van der Waals surface area contributed by atoms with Gasteiger partial charge >= 0.3 is 6.03 Å². The molecule has 0 unspecified atom stereocenters. The van der Waals surface area contributed by atoms with E-state index in [9.17, 15) is 14.4 Å². The number of imide groups is 1. The molecule has 8 heteroatoms. The van der Waals surface area contributed by atoms with Gasteiger partial charge in [-0.3, -0.25) is 19.5 Å². The van der Waals surface area contributed by atoms with Crippen LogP contribution in [0.3, 0.4) is 0 Å². The molecule has 2 N–H and O–H groups in total. The first-order valence-corrected chi connectivity index (χ1v) is 9.35. The lowest BCUT2D eigenvalue weighted by Gasteiger charge is -2.10. The summed E-state index contributed by atoms with van der Waals surface area (Å²) in [5, 5.41) is 5.37. The fraction of sp³-hybridized carbons (Fsp3) is 0.263. The number of hydrogen-bond acceptors (Lipinski definition) is 5. The highest BCUT2D eigenvalue weighted by Gasteiger charge is 2.13. The normalized spacial score (nSPS) is 10.8. The third-order valence-electron chi connectivity index (χ3n) is 4.11. The number of nitrogens with zero attached hydrogens (tertiary/aromatic N) is 2. The van der Waals surface area contributed by atoms with Gasteiger partial charge in [-0.05, 0) is 38.0 Å². The van der Waals surface area contributed by atoms with Crippen molar-refractivity contribution in [3.8, 4) is 0 Å². The first-order valence-electron chi connectivity index (χ1n) is 8.53. The lowest BCUT2D eigenvalue weighted by atomic mass is 10.1. The van der Waals surface area contributed by atoms with Crippen LogP contribution >= 0.6 is 11.3 Å². The van der Waals surface area contributed by atoms with E-state index in [1.54, 1.807) is 12.1 Å². The maximum Gasteiger partial charge on any atom is 0.325 e. The van der Waals surface area contributed by atoms with Crippen LogP contribution < -0.4 is 16.2 Å². The second-order valence-corrected chi connectivity index (χ2v) is 7.40. The van der Waals surface area contributed by atoms with Gasteiger partial charge in [-0.15, -0.1) is 11.3 Å². The topological polar surface area (TPSA) is 93.1 Å². The molecule has 1 aromatic carbocycles. The van der Waals surface area contributed by atoms with Crippen molar-refractivity contribution >= 4 is 39.2 Å². The van der Waals surface area contributed by atoms with E-state index in [2.05, 4.69) is 15.6 Å². The number of thiophene rings is 1. The van der Waals surface area contributed by atoms with Crippen molar-refractivity contribution in [2.45, 2.75) is 33.7 Å². The number of fused-ring (bicyclic) bond motifs is 1. The van der Waals surface area contributed by atoms with Crippen LogP contribution in [-0.2, 0) is 17.8 Å². The van der Waals surface area contributed by atoms with Gasteiger partial charge in [-0.25, -0.2) is 9.78 Å². The van der Waals surface area contributed by atoms with Crippen LogP contribution in [0, 0.1) is 13.8 Å². The summed E-state index contributed by atoms with van der Waals surface area (Å²) in [4.78, 5) is 42.6. The number of carbonyl (C=O) groups excluding carboxylic acids is 2. The van der Waals surface area contributed by atoms with E-state index in [1.807, 2.05) is 32.9 Å². The standard InChI is InChI=1S/C19H20N4O3S/c1-4-13-8-14-17(27-13)20-10-23(18(14)25)9-16(24)22-19(26)21-15-6-5-11(2)7-12(15)3/h5-8,10H,4,9H2,1-3H3,(H2,21,22,24,26). The fourth-order valence-electron chi connectivity index (χ4n) is 2.72. The fourth-order valence-corrected chi connectivity index (χ4v) is 3.65. The Kier molecular flexibility index (Phi) is 5.36. The number of rotatable bonds is 4. The number of urea groups is 1. The molecule has 140 valence electrons. The van der Waals surface area contributed by atoms with Crippen LogP contribution in [0.2, 0.25) is 0 Å². The SMILES string of the molecule is CCc1cc2c(=O)n(CC(=O)NC(=O)Nc3ccc(C)cc3C)cnc2s1. The minimum Gasteiger partial charge on any atom is -0.307 e. The molecule has 0 aliphatic rings. The van der Waals surface area contributed by atoms with E-state index < -0.39 is 11.9 Å². The largest absolute Gasteiger partial charge is 0.325 e. The molecule has 2 heterocycles. The maximum absolute atomic E-state index is 12.5. The number of aromatic nitrogens is 2. The highest BCUT2D eigenvalue weighted by Crippen LogP contribution is 2.21. The Labute approximate surface area is 160 Å². The number of hydrogen-bond donors (Lipinski definition) is 2. The van der Waals surface area contributed by atoms with Gasteiger partial charge in [0.05, 0.1) is 11.7 Å². The number of nitrogens with one attached hydrogen (secondary N) is 2.